The van der Waals surface area contributed by atoms with Crippen LogP contribution in [0.4, 0.5) is 16.2 Å². The number of ether oxygens (including phenoxy) is 3. The zero-order chi connectivity index (χ0) is 29.4. The summed E-state index contributed by atoms with van der Waals surface area (Å²) in [5.74, 6) is -0.606. The Morgan fingerprint density at radius 1 is 0.902 bits per heavy atom. The molecule has 0 bridgehead atoms. The fraction of sp³-hybridized carbons (Fsp3) is 0.226. The molecule has 1 saturated heterocycles. The number of barbiturate groups is 1. The van der Waals surface area contributed by atoms with Crippen LogP contribution >= 0.6 is 0 Å². The van der Waals surface area contributed by atoms with Crippen LogP contribution < -0.4 is 29.7 Å². The van der Waals surface area contributed by atoms with Gasteiger partial charge in [0, 0.05) is 11.8 Å². The average Bonchev–Trinajstić information content (AvgIpc) is 2.95. The van der Waals surface area contributed by atoms with E-state index in [-0.39, 0.29) is 23.8 Å². The fourth-order valence-corrected chi connectivity index (χ4v) is 3.94. The van der Waals surface area contributed by atoms with Crippen molar-refractivity contribution < 1.29 is 33.4 Å². The summed E-state index contributed by atoms with van der Waals surface area (Å²) in [5.41, 5.74) is 2.28. The van der Waals surface area contributed by atoms with E-state index in [0.717, 1.165) is 16.9 Å². The van der Waals surface area contributed by atoms with Crippen LogP contribution in [0.25, 0.3) is 6.08 Å². The number of carbonyl (C=O) groups excluding carboxylic acids is 4. The van der Waals surface area contributed by atoms with Gasteiger partial charge >= 0.3 is 6.03 Å². The van der Waals surface area contributed by atoms with Crippen LogP contribution in [0.5, 0.6) is 17.2 Å². The van der Waals surface area contributed by atoms with E-state index in [2.05, 4.69) is 10.6 Å². The van der Waals surface area contributed by atoms with E-state index >= 15 is 0 Å². The highest BCUT2D eigenvalue weighted by atomic mass is 16.5. The van der Waals surface area contributed by atoms with Gasteiger partial charge in [0.15, 0.2) is 18.1 Å². The number of nitrogens with zero attached hydrogens (tertiary/aromatic N) is 1. The van der Waals surface area contributed by atoms with Crippen molar-refractivity contribution in [2.75, 3.05) is 30.0 Å². The van der Waals surface area contributed by atoms with Crippen LogP contribution in [0.1, 0.15) is 31.4 Å². The Morgan fingerprint density at radius 3 is 2.32 bits per heavy atom. The van der Waals surface area contributed by atoms with Gasteiger partial charge in [-0.2, -0.15) is 0 Å². The molecule has 3 aromatic rings. The third-order valence-corrected chi connectivity index (χ3v) is 5.95. The highest BCUT2D eigenvalue weighted by Gasteiger charge is 2.37. The van der Waals surface area contributed by atoms with Crippen molar-refractivity contribution >= 4 is 41.2 Å². The first-order valence-electron chi connectivity index (χ1n) is 13.2. The van der Waals surface area contributed by atoms with E-state index in [1.807, 2.05) is 45.0 Å². The Bertz CT molecular complexity index is 1460. The first-order chi connectivity index (χ1) is 19.8. The van der Waals surface area contributed by atoms with Gasteiger partial charge in [-0.05, 0) is 68.3 Å². The van der Waals surface area contributed by atoms with Gasteiger partial charge in [-0.25, -0.2) is 9.69 Å². The number of carbonyl (C=O) groups is 4. The predicted molar refractivity (Wildman–Crippen MR) is 154 cm³/mol. The molecular weight excluding hydrogens is 526 g/mol. The lowest BCUT2D eigenvalue weighted by Gasteiger charge is -2.27. The molecule has 0 atom stereocenters. The Balaban J connectivity index is 1.46. The van der Waals surface area contributed by atoms with Gasteiger partial charge < -0.3 is 19.5 Å². The molecule has 1 fully saturated rings. The molecule has 10 heteroatoms. The molecule has 3 aromatic carbocycles. The molecule has 2 N–H and O–H groups in total. The average molecular weight is 558 g/mol. The minimum Gasteiger partial charge on any atom is -0.490 e. The summed E-state index contributed by atoms with van der Waals surface area (Å²) in [6.07, 6.45) is 2.18. The van der Waals surface area contributed by atoms with E-state index in [4.69, 9.17) is 14.2 Å². The predicted octanol–water partition coefficient (Wildman–Crippen LogP) is 4.87. The fourth-order valence-electron chi connectivity index (χ4n) is 3.94. The first kappa shape index (κ1) is 28.9. The molecule has 0 radical (unpaired) electrons. The number of benzene rings is 3. The van der Waals surface area contributed by atoms with Gasteiger partial charge in [0.25, 0.3) is 17.7 Å². The third kappa shape index (κ3) is 7.30. The zero-order valence-electron chi connectivity index (χ0n) is 23.1. The number of aryl methyl sites for hydroxylation is 1. The zero-order valence-corrected chi connectivity index (χ0v) is 23.1. The Labute approximate surface area is 237 Å². The van der Waals surface area contributed by atoms with Gasteiger partial charge in [0.1, 0.15) is 11.3 Å². The Kier molecular flexibility index (Phi) is 9.36. The van der Waals surface area contributed by atoms with Crippen LogP contribution in [0.15, 0.2) is 72.3 Å². The number of anilines is 2. The number of hydrogen-bond acceptors (Lipinski definition) is 7. The second kappa shape index (κ2) is 13.3. The van der Waals surface area contributed by atoms with Crippen LogP contribution in [-0.2, 0) is 14.4 Å². The number of amides is 5. The van der Waals surface area contributed by atoms with Crippen LogP contribution in [0.2, 0.25) is 0 Å². The number of rotatable bonds is 11. The van der Waals surface area contributed by atoms with E-state index < -0.39 is 17.8 Å². The SMILES string of the molecule is CCCOc1ccc(N2C(=O)NC(=O)/C(=C\c3ccc(OCC(=O)Nc4ccc(C)cc4)cc3)C2=O)cc1OCC. The summed E-state index contributed by atoms with van der Waals surface area (Å²) in [7, 11) is 0. The molecule has 0 saturated carbocycles. The molecule has 5 amide bonds. The van der Waals surface area contributed by atoms with Crippen LogP contribution in [0.3, 0.4) is 0 Å². The minimum atomic E-state index is -0.866. The molecule has 212 valence electrons. The lowest BCUT2D eigenvalue weighted by molar-refractivity contribution is -0.122. The quantitative estimate of drug-likeness (QED) is 0.255. The monoisotopic (exact) mass is 557 g/mol. The molecular formula is C31H31N3O7. The number of urea groups is 1. The normalized spacial score (nSPS) is 14.1. The molecule has 0 spiro atoms. The molecule has 41 heavy (non-hydrogen) atoms. The van der Waals surface area contributed by atoms with Gasteiger partial charge in [-0.3, -0.25) is 19.7 Å². The van der Waals surface area contributed by atoms with Gasteiger partial charge in [0.05, 0.1) is 18.9 Å². The van der Waals surface area contributed by atoms with Crippen LogP contribution in [0, 0.1) is 6.92 Å². The Hall–Kier alpha value is -5.12. The summed E-state index contributed by atoms with van der Waals surface area (Å²) in [4.78, 5) is 51.7. The van der Waals surface area contributed by atoms with Crippen molar-refractivity contribution in [3.8, 4) is 17.2 Å². The molecule has 1 aliphatic heterocycles. The van der Waals surface area contributed by atoms with Crippen molar-refractivity contribution in [2.24, 2.45) is 0 Å². The smallest absolute Gasteiger partial charge is 0.335 e. The maximum atomic E-state index is 13.3. The molecule has 10 nitrogen and oxygen atoms in total. The summed E-state index contributed by atoms with van der Waals surface area (Å²) in [5, 5.41) is 4.97. The first-order valence-corrected chi connectivity index (χ1v) is 13.2. The molecule has 0 unspecified atom stereocenters. The topological polar surface area (TPSA) is 123 Å². The highest BCUT2D eigenvalue weighted by molar-refractivity contribution is 6.39. The highest BCUT2D eigenvalue weighted by Crippen LogP contribution is 2.34. The third-order valence-electron chi connectivity index (χ3n) is 5.95. The lowest BCUT2D eigenvalue weighted by atomic mass is 10.1. The van der Waals surface area contributed by atoms with Crippen molar-refractivity contribution in [3.63, 3.8) is 0 Å². The number of hydrogen-bond donors (Lipinski definition) is 2. The second-order valence-electron chi connectivity index (χ2n) is 9.14. The summed E-state index contributed by atoms with van der Waals surface area (Å²) in [6, 6.07) is 17.7. The van der Waals surface area contributed by atoms with E-state index in [1.54, 1.807) is 36.4 Å². The second-order valence-corrected chi connectivity index (χ2v) is 9.14. The molecule has 1 aliphatic rings. The van der Waals surface area contributed by atoms with Crippen LogP contribution in [-0.4, -0.2) is 43.6 Å². The van der Waals surface area contributed by atoms with Crippen molar-refractivity contribution in [2.45, 2.75) is 27.2 Å². The Morgan fingerprint density at radius 2 is 1.63 bits per heavy atom. The minimum absolute atomic E-state index is 0.196. The van der Waals surface area contributed by atoms with Crippen molar-refractivity contribution in [3.05, 3.63) is 83.4 Å². The van der Waals surface area contributed by atoms with Crippen molar-refractivity contribution in [1.29, 1.82) is 0 Å². The van der Waals surface area contributed by atoms with Gasteiger partial charge in [-0.1, -0.05) is 36.8 Å². The van der Waals surface area contributed by atoms with Gasteiger partial charge in [0.2, 0.25) is 0 Å². The van der Waals surface area contributed by atoms with E-state index in [9.17, 15) is 19.2 Å². The van der Waals surface area contributed by atoms with Crippen molar-refractivity contribution in [1.82, 2.24) is 5.32 Å². The summed E-state index contributed by atoms with van der Waals surface area (Å²) in [6.45, 7) is 6.38. The lowest BCUT2D eigenvalue weighted by Crippen LogP contribution is -2.54. The molecule has 1 heterocycles. The molecule has 0 aliphatic carbocycles. The van der Waals surface area contributed by atoms with E-state index in [1.165, 1.54) is 12.1 Å². The van der Waals surface area contributed by atoms with Gasteiger partial charge in [-0.15, -0.1) is 0 Å². The maximum Gasteiger partial charge on any atom is 0.335 e. The largest absolute Gasteiger partial charge is 0.490 e. The molecule has 0 aromatic heterocycles. The maximum absolute atomic E-state index is 13.3. The number of imide groups is 2. The summed E-state index contributed by atoms with van der Waals surface area (Å²) >= 11 is 0. The standard InChI is InChI=1S/C31H31N3O7/c1-4-16-40-26-15-12-23(18-27(26)39-5-2)34-30(37)25(29(36)33-31(34)38)17-21-8-13-24(14-9-21)41-19-28(35)32-22-10-6-20(3)7-11-22/h6-15,17-18H,4-5,16,19H2,1-3H3,(H,32,35)(H,33,36,38)/b25-17+. The van der Waals surface area contributed by atoms with E-state index in [0.29, 0.717) is 41.7 Å². The molecule has 4 rings (SSSR count). The number of nitrogens with one attached hydrogen (secondary N) is 2. The summed E-state index contributed by atoms with van der Waals surface area (Å²) < 4.78 is 16.9.